The van der Waals surface area contributed by atoms with E-state index >= 15 is 0 Å². The molecule has 0 aliphatic heterocycles. The quantitative estimate of drug-likeness (QED) is 0.783. The zero-order chi connectivity index (χ0) is 14.5. The van der Waals surface area contributed by atoms with Crippen molar-refractivity contribution in [2.45, 2.75) is 13.5 Å². The van der Waals surface area contributed by atoms with Gasteiger partial charge in [-0.1, -0.05) is 29.3 Å². The van der Waals surface area contributed by atoms with E-state index in [2.05, 4.69) is 9.97 Å². The van der Waals surface area contributed by atoms with Gasteiger partial charge in [-0.3, -0.25) is 0 Å². The molecule has 0 radical (unpaired) electrons. The SMILES string of the molecule is CCOCc1nc(Cl)cc(-c2ccc(Cl)c(OC)c2)n1. The van der Waals surface area contributed by atoms with Gasteiger partial charge in [0.05, 0.1) is 17.8 Å². The summed E-state index contributed by atoms with van der Waals surface area (Å²) in [7, 11) is 1.57. The van der Waals surface area contributed by atoms with E-state index in [1.807, 2.05) is 19.1 Å². The summed E-state index contributed by atoms with van der Waals surface area (Å²) in [4.78, 5) is 8.56. The number of ether oxygens (including phenoxy) is 2. The molecular formula is C14H14Cl2N2O2. The van der Waals surface area contributed by atoms with E-state index < -0.39 is 0 Å². The van der Waals surface area contributed by atoms with Crippen LogP contribution in [0.4, 0.5) is 0 Å². The van der Waals surface area contributed by atoms with Crippen molar-refractivity contribution in [3.05, 3.63) is 40.3 Å². The predicted molar refractivity (Wildman–Crippen MR) is 79.4 cm³/mol. The van der Waals surface area contributed by atoms with Crippen LogP contribution < -0.4 is 4.74 Å². The summed E-state index contributed by atoms with van der Waals surface area (Å²) < 4.78 is 10.5. The van der Waals surface area contributed by atoms with Crippen molar-refractivity contribution in [2.24, 2.45) is 0 Å². The molecular weight excluding hydrogens is 299 g/mol. The first kappa shape index (κ1) is 15.0. The lowest BCUT2D eigenvalue weighted by atomic mass is 10.1. The first-order valence-electron chi connectivity index (χ1n) is 6.09. The minimum Gasteiger partial charge on any atom is -0.495 e. The van der Waals surface area contributed by atoms with Crippen molar-refractivity contribution >= 4 is 23.2 Å². The number of rotatable bonds is 5. The molecule has 2 rings (SSSR count). The summed E-state index contributed by atoms with van der Waals surface area (Å²) in [5, 5.41) is 0.921. The smallest absolute Gasteiger partial charge is 0.156 e. The minimum absolute atomic E-state index is 0.328. The maximum atomic E-state index is 6.02. The van der Waals surface area contributed by atoms with Gasteiger partial charge in [0.1, 0.15) is 17.5 Å². The Morgan fingerprint density at radius 2 is 1.95 bits per heavy atom. The Kier molecular flexibility index (Phi) is 5.17. The van der Waals surface area contributed by atoms with Crippen molar-refractivity contribution in [3.63, 3.8) is 0 Å². The third-order valence-corrected chi connectivity index (χ3v) is 3.13. The highest BCUT2D eigenvalue weighted by molar-refractivity contribution is 6.32. The third kappa shape index (κ3) is 3.60. The van der Waals surface area contributed by atoms with Gasteiger partial charge < -0.3 is 9.47 Å². The number of hydrogen-bond acceptors (Lipinski definition) is 4. The molecule has 0 spiro atoms. The summed E-state index contributed by atoms with van der Waals surface area (Å²) in [6.45, 7) is 2.84. The number of benzene rings is 1. The van der Waals surface area contributed by atoms with Gasteiger partial charge in [-0.05, 0) is 19.1 Å². The number of nitrogens with zero attached hydrogens (tertiary/aromatic N) is 2. The first-order valence-corrected chi connectivity index (χ1v) is 6.84. The Labute approximate surface area is 127 Å². The largest absolute Gasteiger partial charge is 0.495 e. The highest BCUT2D eigenvalue weighted by atomic mass is 35.5. The number of halogens is 2. The Bertz CT molecular complexity index is 606. The number of methoxy groups -OCH3 is 1. The molecule has 20 heavy (non-hydrogen) atoms. The molecule has 0 atom stereocenters. The number of hydrogen-bond donors (Lipinski definition) is 0. The summed E-state index contributed by atoms with van der Waals surface area (Å²) in [5.74, 6) is 1.13. The van der Waals surface area contributed by atoms with Crippen LogP contribution in [0.3, 0.4) is 0 Å². The molecule has 0 N–H and O–H groups in total. The summed E-state index contributed by atoms with van der Waals surface area (Å²) in [6, 6.07) is 7.12. The number of aromatic nitrogens is 2. The van der Waals surface area contributed by atoms with Crippen molar-refractivity contribution in [1.29, 1.82) is 0 Å². The fraction of sp³-hybridized carbons (Fsp3) is 0.286. The molecule has 4 nitrogen and oxygen atoms in total. The van der Waals surface area contributed by atoms with Gasteiger partial charge in [-0.25, -0.2) is 9.97 Å². The van der Waals surface area contributed by atoms with Crippen LogP contribution in [0.25, 0.3) is 11.3 Å². The molecule has 0 unspecified atom stereocenters. The Hall–Kier alpha value is -1.36. The molecule has 2 aromatic rings. The molecule has 0 bridgehead atoms. The lowest BCUT2D eigenvalue weighted by molar-refractivity contribution is 0.128. The van der Waals surface area contributed by atoms with Crippen LogP contribution in [0.2, 0.25) is 10.2 Å². The van der Waals surface area contributed by atoms with Gasteiger partial charge in [-0.15, -0.1) is 0 Å². The maximum absolute atomic E-state index is 6.02. The minimum atomic E-state index is 0.328. The molecule has 0 fully saturated rings. The Morgan fingerprint density at radius 3 is 2.65 bits per heavy atom. The van der Waals surface area contributed by atoms with Crippen LogP contribution in [0.5, 0.6) is 5.75 Å². The second-order valence-electron chi connectivity index (χ2n) is 3.98. The normalized spacial score (nSPS) is 10.6. The Balaban J connectivity index is 2.38. The second kappa shape index (κ2) is 6.88. The average Bonchev–Trinajstić information content (AvgIpc) is 2.45. The third-order valence-electron chi connectivity index (χ3n) is 2.62. The molecule has 1 heterocycles. The molecule has 0 saturated heterocycles. The lowest BCUT2D eigenvalue weighted by Crippen LogP contribution is -2.00. The lowest BCUT2D eigenvalue weighted by Gasteiger charge is -2.08. The highest BCUT2D eigenvalue weighted by Gasteiger charge is 2.09. The van der Waals surface area contributed by atoms with Gasteiger partial charge >= 0.3 is 0 Å². The molecule has 0 aliphatic rings. The average molecular weight is 313 g/mol. The van der Waals surface area contributed by atoms with E-state index in [0.717, 1.165) is 5.56 Å². The van der Waals surface area contributed by atoms with E-state index in [-0.39, 0.29) is 0 Å². The van der Waals surface area contributed by atoms with Gasteiger partial charge in [0.2, 0.25) is 0 Å². The van der Waals surface area contributed by atoms with Gasteiger partial charge in [-0.2, -0.15) is 0 Å². The van der Waals surface area contributed by atoms with E-state index in [0.29, 0.717) is 40.7 Å². The van der Waals surface area contributed by atoms with Gasteiger partial charge in [0.25, 0.3) is 0 Å². The zero-order valence-corrected chi connectivity index (χ0v) is 12.7. The topological polar surface area (TPSA) is 44.2 Å². The summed E-state index contributed by atoms with van der Waals surface area (Å²) >= 11 is 12.0. The van der Waals surface area contributed by atoms with Gasteiger partial charge in [0, 0.05) is 18.2 Å². The predicted octanol–water partition coefficient (Wildman–Crippen LogP) is 4.00. The summed E-state index contributed by atoms with van der Waals surface area (Å²) in [5.41, 5.74) is 1.56. The molecule has 106 valence electrons. The van der Waals surface area contributed by atoms with Crippen LogP contribution in [0.15, 0.2) is 24.3 Å². The fourth-order valence-corrected chi connectivity index (χ4v) is 2.09. The van der Waals surface area contributed by atoms with Crippen molar-refractivity contribution in [1.82, 2.24) is 9.97 Å². The first-order chi connectivity index (χ1) is 9.63. The van der Waals surface area contributed by atoms with Crippen LogP contribution in [0, 0.1) is 0 Å². The van der Waals surface area contributed by atoms with Crippen molar-refractivity contribution < 1.29 is 9.47 Å². The van der Waals surface area contributed by atoms with Crippen LogP contribution >= 0.6 is 23.2 Å². The van der Waals surface area contributed by atoms with E-state index in [1.165, 1.54) is 0 Å². The van der Waals surface area contributed by atoms with Crippen LogP contribution in [-0.4, -0.2) is 23.7 Å². The van der Waals surface area contributed by atoms with Gasteiger partial charge in [0.15, 0.2) is 5.82 Å². The van der Waals surface area contributed by atoms with E-state index in [4.69, 9.17) is 32.7 Å². The molecule has 0 saturated carbocycles. The maximum Gasteiger partial charge on any atom is 0.156 e. The zero-order valence-electron chi connectivity index (χ0n) is 11.2. The molecule has 0 amide bonds. The Morgan fingerprint density at radius 1 is 1.15 bits per heavy atom. The highest BCUT2D eigenvalue weighted by Crippen LogP contribution is 2.30. The van der Waals surface area contributed by atoms with Crippen LogP contribution in [-0.2, 0) is 11.3 Å². The summed E-state index contributed by atoms with van der Waals surface area (Å²) in [6.07, 6.45) is 0. The van der Waals surface area contributed by atoms with Crippen molar-refractivity contribution in [3.8, 4) is 17.0 Å². The van der Waals surface area contributed by atoms with E-state index in [9.17, 15) is 0 Å². The van der Waals surface area contributed by atoms with Crippen molar-refractivity contribution in [2.75, 3.05) is 13.7 Å². The molecule has 6 heteroatoms. The second-order valence-corrected chi connectivity index (χ2v) is 4.77. The molecule has 1 aromatic carbocycles. The fourth-order valence-electron chi connectivity index (χ4n) is 1.69. The molecule has 1 aromatic heterocycles. The molecule has 0 aliphatic carbocycles. The van der Waals surface area contributed by atoms with E-state index in [1.54, 1.807) is 19.2 Å². The van der Waals surface area contributed by atoms with Crippen LogP contribution in [0.1, 0.15) is 12.7 Å². The monoisotopic (exact) mass is 312 g/mol. The standard InChI is InChI=1S/C14H14Cl2N2O2/c1-3-20-8-14-17-11(7-13(16)18-14)9-4-5-10(15)12(6-9)19-2/h4-7H,3,8H2,1-2H3.